The molecule has 6 nitrogen and oxygen atoms in total. The zero-order valence-electron chi connectivity index (χ0n) is 17.0. The summed E-state index contributed by atoms with van der Waals surface area (Å²) in [5.74, 6) is -1.65. The Morgan fingerprint density at radius 2 is 1.97 bits per heavy atom. The molecule has 31 heavy (non-hydrogen) atoms. The highest BCUT2D eigenvalue weighted by molar-refractivity contribution is 5.96. The summed E-state index contributed by atoms with van der Waals surface area (Å²) in [7, 11) is 0. The van der Waals surface area contributed by atoms with Crippen LogP contribution >= 0.6 is 0 Å². The Morgan fingerprint density at radius 3 is 2.74 bits per heavy atom. The number of carbonyl (C=O) groups is 1. The second kappa shape index (κ2) is 7.34. The average molecular weight is 419 g/mol. The van der Waals surface area contributed by atoms with Gasteiger partial charge in [0.05, 0.1) is 18.3 Å². The topological polar surface area (TPSA) is 75.4 Å². The van der Waals surface area contributed by atoms with Crippen LogP contribution in [0.2, 0.25) is 0 Å². The fourth-order valence-corrected chi connectivity index (χ4v) is 5.14. The second-order valence-corrected chi connectivity index (χ2v) is 8.24. The van der Waals surface area contributed by atoms with Gasteiger partial charge in [0, 0.05) is 12.5 Å². The van der Waals surface area contributed by atoms with Crippen molar-refractivity contribution in [2.45, 2.75) is 37.8 Å². The molecule has 1 aromatic heterocycles. The van der Waals surface area contributed by atoms with Crippen LogP contribution in [0.15, 0.2) is 59.5 Å². The molecule has 2 aromatic carbocycles. The van der Waals surface area contributed by atoms with Gasteiger partial charge in [-0.3, -0.25) is 14.3 Å². The number of hydrogen-bond acceptors (Lipinski definition) is 4. The lowest BCUT2D eigenvalue weighted by Crippen LogP contribution is -2.51. The summed E-state index contributed by atoms with van der Waals surface area (Å²) in [6.45, 7) is 2.55. The largest absolute Gasteiger partial charge is 0.502 e. The molecule has 0 saturated carbocycles. The summed E-state index contributed by atoms with van der Waals surface area (Å²) in [6.07, 6.45) is 2.63. The molecule has 158 valence electrons. The van der Waals surface area contributed by atoms with Gasteiger partial charge in [0.1, 0.15) is 5.82 Å². The summed E-state index contributed by atoms with van der Waals surface area (Å²) in [6, 6.07) is 13.8. The normalized spacial score (nSPS) is 21.0. The number of halogens is 1. The maximum atomic E-state index is 14.3. The number of hydrogen-bond donors (Lipinski definition) is 1. The number of amides is 1. The Kier molecular flexibility index (Phi) is 4.61. The number of nitrogens with zero attached hydrogens (tertiary/aromatic N) is 3. The van der Waals surface area contributed by atoms with Crippen molar-refractivity contribution in [3.63, 3.8) is 0 Å². The van der Waals surface area contributed by atoms with Crippen molar-refractivity contribution in [1.29, 1.82) is 0 Å². The van der Waals surface area contributed by atoms with Crippen molar-refractivity contribution < 1.29 is 14.3 Å². The molecule has 3 aromatic rings. The van der Waals surface area contributed by atoms with Crippen LogP contribution in [0.4, 0.5) is 4.39 Å². The third-order valence-electron chi connectivity index (χ3n) is 6.50. The van der Waals surface area contributed by atoms with Gasteiger partial charge in [-0.05, 0) is 48.6 Å². The standard InChI is InChI=1S/C24H22FN3O3/c1-14-6-2-3-9-17(14)20(15-7-4-8-16(25)12-15)21-18-10-5-11-27(18)24(31)22-23(30)19(29)13-26-28(21)22/h2-4,6-9,12-13,18,20-21,30H,5,10-11H2,1H3/t18-,20?,21-/m1/s1. The second-order valence-electron chi connectivity index (χ2n) is 8.24. The Balaban J connectivity index is 1.81. The van der Waals surface area contributed by atoms with Gasteiger partial charge in [0.25, 0.3) is 5.91 Å². The van der Waals surface area contributed by atoms with Gasteiger partial charge in [-0.1, -0.05) is 36.4 Å². The van der Waals surface area contributed by atoms with Gasteiger partial charge in [-0.15, -0.1) is 0 Å². The van der Waals surface area contributed by atoms with E-state index in [1.54, 1.807) is 11.0 Å². The summed E-state index contributed by atoms with van der Waals surface area (Å²) < 4.78 is 15.8. The van der Waals surface area contributed by atoms with Crippen LogP contribution in [0.25, 0.3) is 0 Å². The molecule has 3 atom stereocenters. The molecule has 0 bridgehead atoms. The lowest BCUT2D eigenvalue weighted by molar-refractivity contribution is 0.0565. The Hall–Kier alpha value is -3.48. The van der Waals surface area contributed by atoms with Gasteiger partial charge in [0.2, 0.25) is 5.43 Å². The van der Waals surface area contributed by atoms with Crippen LogP contribution in [0.3, 0.4) is 0 Å². The van der Waals surface area contributed by atoms with Crippen LogP contribution in [0.1, 0.15) is 52.0 Å². The van der Waals surface area contributed by atoms with E-state index in [-0.39, 0.29) is 29.4 Å². The number of rotatable bonds is 3. The molecule has 3 heterocycles. The van der Waals surface area contributed by atoms with Gasteiger partial charge >= 0.3 is 0 Å². The van der Waals surface area contributed by atoms with Crippen molar-refractivity contribution in [2.75, 3.05) is 6.54 Å². The quantitative estimate of drug-likeness (QED) is 0.706. The molecule has 0 aliphatic carbocycles. The Morgan fingerprint density at radius 1 is 1.16 bits per heavy atom. The first-order valence-corrected chi connectivity index (χ1v) is 10.4. The van der Waals surface area contributed by atoms with Crippen molar-refractivity contribution in [2.24, 2.45) is 0 Å². The Labute approximate surface area is 178 Å². The highest BCUT2D eigenvalue weighted by Gasteiger charge is 2.48. The van der Waals surface area contributed by atoms with Crippen LogP contribution in [-0.2, 0) is 0 Å². The number of aromatic hydroxyl groups is 1. The molecule has 2 aliphatic heterocycles. The van der Waals surface area contributed by atoms with E-state index in [9.17, 15) is 19.1 Å². The molecule has 2 aliphatic rings. The molecule has 1 amide bonds. The van der Waals surface area contributed by atoms with E-state index < -0.39 is 17.2 Å². The molecule has 7 heteroatoms. The first-order valence-electron chi connectivity index (χ1n) is 10.4. The van der Waals surface area contributed by atoms with Gasteiger partial charge in [-0.2, -0.15) is 5.10 Å². The average Bonchev–Trinajstić information content (AvgIpc) is 3.24. The van der Waals surface area contributed by atoms with Gasteiger partial charge in [0.15, 0.2) is 11.4 Å². The molecule has 1 N–H and O–H groups in total. The van der Waals surface area contributed by atoms with E-state index in [2.05, 4.69) is 5.10 Å². The van der Waals surface area contributed by atoms with Gasteiger partial charge < -0.3 is 10.0 Å². The van der Waals surface area contributed by atoms with Crippen molar-refractivity contribution in [3.8, 4) is 5.75 Å². The van der Waals surface area contributed by atoms with Crippen LogP contribution in [0.5, 0.6) is 5.75 Å². The first-order chi connectivity index (χ1) is 15.0. The highest BCUT2D eigenvalue weighted by Crippen LogP contribution is 2.46. The maximum absolute atomic E-state index is 14.3. The molecular weight excluding hydrogens is 397 g/mol. The summed E-state index contributed by atoms with van der Waals surface area (Å²) in [4.78, 5) is 27.0. The molecule has 1 saturated heterocycles. The van der Waals surface area contributed by atoms with Crippen LogP contribution in [-0.4, -0.2) is 38.3 Å². The predicted octanol–water partition coefficient (Wildman–Crippen LogP) is 3.39. The van der Waals surface area contributed by atoms with Crippen molar-refractivity contribution >= 4 is 5.91 Å². The highest BCUT2D eigenvalue weighted by atomic mass is 19.1. The predicted molar refractivity (Wildman–Crippen MR) is 113 cm³/mol. The zero-order valence-corrected chi connectivity index (χ0v) is 17.0. The number of carbonyl (C=O) groups excluding carboxylic acids is 1. The lowest BCUT2D eigenvalue weighted by atomic mass is 9.78. The molecular formula is C24H22FN3O3. The minimum absolute atomic E-state index is 0.0920. The van der Waals surface area contributed by atoms with E-state index in [4.69, 9.17) is 0 Å². The fourth-order valence-electron chi connectivity index (χ4n) is 5.14. The van der Waals surface area contributed by atoms with Crippen molar-refractivity contribution in [1.82, 2.24) is 14.7 Å². The lowest BCUT2D eigenvalue weighted by Gasteiger charge is -2.42. The molecule has 0 radical (unpaired) electrons. The maximum Gasteiger partial charge on any atom is 0.276 e. The van der Waals surface area contributed by atoms with Crippen molar-refractivity contribution in [3.05, 3.63) is 93.2 Å². The monoisotopic (exact) mass is 419 g/mol. The number of aryl methyl sites for hydroxylation is 1. The smallest absolute Gasteiger partial charge is 0.276 e. The fraction of sp³-hybridized carbons (Fsp3) is 0.292. The summed E-state index contributed by atoms with van der Waals surface area (Å²) in [5, 5.41) is 14.8. The number of aromatic nitrogens is 2. The van der Waals surface area contributed by atoms with E-state index in [1.165, 1.54) is 16.8 Å². The number of fused-ring (bicyclic) bond motifs is 2. The molecule has 0 spiro atoms. The SMILES string of the molecule is Cc1ccccc1C(c1cccc(F)c1)[C@H]1[C@H]2CCCN2C(=O)c2c(O)c(=O)cnn21. The van der Waals surface area contributed by atoms with E-state index >= 15 is 0 Å². The molecule has 1 unspecified atom stereocenters. The Bertz CT molecular complexity index is 1240. The van der Waals surface area contributed by atoms with E-state index in [0.717, 1.165) is 35.7 Å². The minimum Gasteiger partial charge on any atom is -0.502 e. The third-order valence-corrected chi connectivity index (χ3v) is 6.50. The zero-order chi connectivity index (χ0) is 21.7. The van der Waals surface area contributed by atoms with E-state index in [0.29, 0.717) is 6.54 Å². The van der Waals surface area contributed by atoms with E-state index in [1.807, 2.05) is 37.3 Å². The molecule has 5 rings (SSSR count). The van der Waals surface area contributed by atoms with Gasteiger partial charge in [-0.25, -0.2) is 4.39 Å². The summed E-state index contributed by atoms with van der Waals surface area (Å²) in [5.41, 5.74) is 2.00. The summed E-state index contributed by atoms with van der Waals surface area (Å²) >= 11 is 0. The van der Waals surface area contributed by atoms with Crippen LogP contribution in [0, 0.1) is 12.7 Å². The van der Waals surface area contributed by atoms with Crippen LogP contribution < -0.4 is 5.43 Å². The number of benzene rings is 2. The third kappa shape index (κ3) is 3.03. The molecule has 1 fully saturated rings. The first kappa shape index (κ1) is 19.5. The minimum atomic E-state index is -0.686.